The summed E-state index contributed by atoms with van der Waals surface area (Å²) >= 11 is 0. The highest BCUT2D eigenvalue weighted by Crippen LogP contribution is 2.73. The summed E-state index contributed by atoms with van der Waals surface area (Å²) in [6.07, 6.45) is -17.8. The molecule has 8 rings (SSSR count). The Morgan fingerprint density at radius 3 is 2.03 bits per heavy atom. The molecule has 4 aliphatic heterocycles. The highest BCUT2D eigenvalue weighted by Gasteiger charge is 2.69. The van der Waals surface area contributed by atoms with Gasteiger partial charge < -0.3 is 94.1 Å². The van der Waals surface area contributed by atoms with Gasteiger partial charge in [0.1, 0.15) is 67.1 Å². The highest BCUT2D eigenvalue weighted by molar-refractivity contribution is 5.77. The van der Waals surface area contributed by atoms with Gasteiger partial charge in [-0.3, -0.25) is 4.79 Å². The topological polar surface area (TPSA) is 313 Å². The molecule has 9 unspecified atom stereocenters. The molecule has 0 aromatic carbocycles. The molecule has 4 aliphatic carbocycles. The molecular formula is C44H70O20. The maximum atomic E-state index is 14.2. The van der Waals surface area contributed by atoms with E-state index in [1.54, 1.807) is 0 Å². The number of carbonyl (C=O) groups is 1. The standard InChI is InChI=1S/C44H70O20/c1-20-14-43-11-7-27-41(2,9-4-10-42(27,3)40(56)63-37-22(49)6-5-21(15-45)57-37)28(43)8-12-44(20,19-43)64-39-36(62-38-34(55)33(54)31(52)25(17-47)59-38)35(32(53)26(18-48)60-39)61-29-13-23(50)30(51)24(16-46)58-29/h21-39,45-55H,1,4-19H2,2-3H3/t21?,22?,23?,24-,25+,26-,27+,28+,29+,30?,31-,32?,33?,34?,35?,36-,37+,38+,39?,41-,42-,43-,44+/m1/s1. The fourth-order valence-electron chi connectivity index (χ4n) is 13.4. The van der Waals surface area contributed by atoms with Gasteiger partial charge in [0, 0.05) is 6.42 Å². The molecule has 20 nitrogen and oxygen atoms in total. The first-order valence-electron chi connectivity index (χ1n) is 23.1. The Kier molecular flexibility index (Phi) is 14.3. The minimum atomic E-state index is -1.88. The first-order chi connectivity index (χ1) is 30.4. The number of aliphatic hydroxyl groups excluding tert-OH is 11. The van der Waals surface area contributed by atoms with Crippen molar-refractivity contribution in [2.24, 2.45) is 28.1 Å². The van der Waals surface area contributed by atoms with Gasteiger partial charge in [-0.05, 0) is 99.4 Å². The summed E-state index contributed by atoms with van der Waals surface area (Å²) in [7, 11) is 0. The summed E-state index contributed by atoms with van der Waals surface area (Å²) in [5, 5.41) is 116. The molecule has 11 N–H and O–H groups in total. The van der Waals surface area contributed by atoms with E-state index < -0.39 is 141 Å². The van der Waals surface area contributed by atoms with Gasteiger partial charge in [0.05, 0.1) is 49.7 Å². The van der Waals surface area contributed by atoms with Crippen molar-refractivity contribution in [1.29, 1.82) is 0 Å². The van der Waals surface area contributed by atoms with Crippen LogP contribution in [0.1, 0.15) is 90.9 Å². The van der Waals surface area contributed by atoms with E-state index in [0.717, 1.165) is 24.8 Å². The lowest BCUT2D eigenvalue weighted by molar-refractivity contribution is -0.394. The number of aliphatic hydroxyl groups is 11. The minimum absolute atomic E-state index is 0.0525. The van der Waals surface area contributed by atoms with Gasteiger partial charge in [0.15, 0.2) is 18.9 Å². The normalized spacial score (nSPS) is 53.0. The second kappa shape index (κ2) is 18.8. The van der Waals surface area contributed by atoms with Crippen LogP contribution in [0.15, 0.2) is 12.2 Å². The van der Waals surface area contributed by atoms with Crippen LogP contribution in [0.4, 0.5) is 0 Å². The van der Waals surface area contributed by atoms with Gasteiger partial charge in [-0.25, -0.2) is 0 Å². The lowest BCUT2D eigenvalue weighted by atomic mass is 9.41. The number of hydrogen-bond acceptors (Lipinski definition) is 20. The molecule has 4 saturated carbocycles. The van der Waals surface area contributed by atoms with Gasteiger partial charge in [-0.2, -0.15) is 0 Å². The Morgan fingerprint density at radius 2 is 1.33 bits per heavy atom. The Balaban J connectivity index is 1.06. The van der Waals surface area contributed by atoms with Crippen LogP contribution < -0.4 is 0 Å². The van der Waals surface area contributed by atoms with Gasteiger partial charge >= 0.3 is 5.97 Å². The monoisotopic (exact) mass is 918 g/mol. The molecule has 20 heteroatoms. The van der Waals surface area contributed by atoms with Crippen molar-refractivity contribution in [3.8, 4) is 0 Å². The zero-order chi connectivity index (χ0) is 46.1. The van der Waals surface area contributed by atoms with Crippen LogP contribution >= 0.6 is 0 Å². The lowest BCUT2D eigenvalue weighted by Gasteiger charge is -2.64. The fourth-order valence-corrected chi connectivity index (χ4v) is 13.4. The van der Waals surface area contributed by atoms with Gasteiger partial charge in [0.2, 0.25) is 6.29 Å². The minimum Gasteiger partial charge on any atom is -0.432 e. The van der Waals surface area contributed by atoms with Crippen molar-refractivity contribution < 1.29 is 98.9 Å². The predicted molar refractivity (Wildman–Crippen MR) is 215 cm³/mol. The third-order valence-corrected chi connectivity index (χ3v) is 16.7. The van der Waals surface area contributed by atoms with Crippen LogP contribution in [0.5, 0.6) is 0 Å². The lowest BCUT2D eigenvalue weighted by Crippen LogP contribution is -2.67. The SMILES string of the molecule is C=C1C[C@@]23CC[C@H]4[C@@](C)(CCC[C@@]4(C)C(=O)O[C@@H]4OC(CO)CCC4O)[C@@H]2CC[C@]1(OC1O[C@H](CO)C(O)C(O[C@H]2CC(O)C(O)[C@@H](CO)O2)[C@H]1O[C@@H]1O[C@@H](CO)[C@@H](O)C(O)C1O)C3. The van der Waals surface area contributed by atoms with Crippen molar-refractivity contribution in [3.05, 3.63) is 12.2 Å². The van der Waals surface area contributed by atoms with Gasteiger partial charge in [-0.15, -0.1) is 0 Å². The fraction of sp³-hybridized carbons (Fsp3) is 0.932. The largest absolute Gasteiger partial charge is 0.432 e. The van der Waals surface area contributed by atoms with E-state index in [4.69, 9.17) is 37.9 Å². The summed E-state index contributed by atoms with van der Waals surface area (Å²) in [6, 6.07) is 0. The second-order valence-corrected chi connectivity index (χ2v) is 20.4. The number of carbonyl (C=O) groups excluding carboxylic acids is 1. The predicted octanol–water partition coefficient (Wildman–Crippen LogP) is -2.03. The maximum absolute atomic E-state index is 14.2. The number of ether oxygens (including phenoxy) is 8. The Bertz CT molecular complexity index is 1660. The summed E-state index contributed by atoms with van der Waals surface area (Å²) < 4.78 is 49.1. The van der Waals surface area contributed by atoms with Crippen molar-refractivity contribution in [1.82, 2.24) is 0 Å². The number of hydrogen-bond donors (Lipinski definition) is 11. The molecule has 0 radical (unpaired) electrons. The molecule has 0 amide bonds. The number of esters is 1. The second-order valence-electron chi connectivity index (χ2n) is 20.4. The molecule has 1 spiro atoms. The Labute approximate surface area is 372 Å². The van der Waals surface area contributed by atoms with Crippen LogP contribution in [0.3, 0.4) is 0 Å². The van der Waals surface area contributed by atoms with Crippen LogP contribution in [-0.2, 0) is 42.7 Å². The molecule has 23 atom stereocenters. The summed E-state index contributed by atoms with van der Waals surface area (Å²) in [4.78, 5) is 14.2. The maximum Gasteiger partial charge on any atom is 0.314 e. The molecule has 4 saturated heterocycles. The van der Waals surface area contributed by atoms with E-state index in [0.29, 0.717) is 51.4 Å². The first-order valence-corrected chi connectivity index (χ1v) is 23.1. The zero-order valence-corrected chi connectivity index (χ0v) is 36.6. The van der Waals surface area contributed by atoms with E-state index in [-0.39, 0.29) is 35.7 Å². The van der Waals surface area contributed by atoms with Crippen molar-refractivity contribution in [2.45, 2.75) is 201 Å². The quantitative estimate of drug-likeness (QED) is 0.0572. The van der Waals surface area contributed by atoms with E-state index >= 15 is 0 Å². The number of rotatable bonds is 12. The molecule has 4 heterocycles. The number of fused-ring (bicyclic) bond motifs is 3. The van der Waals surface area contributed by atoms with Crippen molar-refractivity contribution in [3.63, 3.8) is 0 Å². The van der Waals surface area contributed by atoms with E-state index in [9.17, 15) is 61.0 Å². The molecule has 0 aromatic heterocycles. The van der Waals surface area contributed by atoms with E-state index in [1.807, 2.05) is 6.92 Å². The van der Waals surface area contributed by atoms with Crippen LogP contribution in [0, 0.1) is 28.1 Å². The van der Waals surface area contributed by atoms with Crippen LogP contribution in [0.25, 0.3) is 0 Å². The van der Waals surface area contributed by atoms with Crippen LogP contribution in [0.2, 0.25) is 0 Å². The smallest absolute Gasteiger partial charge is 0.314 e. The highest BCUT2D eigenvalue weighted by atomic mass is 16.8. The third kappa shape index (κ3) is 8.42. The molecule has 366 valence electrons. The van der Waals surface area contributed by atoms with E-state index in [1.165, 1.54) is 0 Å². The molecule has 0 aromatic rings. The van der Waals surface area contributed by atoms with Crippen LogP contribution in [-0.4, -0.2) is 199 Å². The van der Waals surface area contributed by atoms with Crippen molar-refractivity contribution >= 4 is 5.97 Å². The first kappa shape index (κ1) is 48.9. The summed E-state index contributed by atoms with van der Waals surface area (Å²) in [5.41, 5.74) is -1.72. The molecular weight excluding hydrogens is 848 g/mol. The summed E-state index contributed by atoms with van der Waals surface area (Å²) in [5.74, 6) is -0.332. The van der Waals surface area contributed by atoms with Gasteiger partial charge in [-0.1, -0.05) is 19.9 Å². The Morgan fingerprint density at radius 1 is 0.656 bits per heavy atom. The summed E-state index contributed by atoms with van der Waals surface area (Å²) in [6.45, 7) is 6.40. The molecule has 8 fully saturated rings. The Hall–Kier alpha value is -1.51. The van der Waals surface area contributed by atoms with Gasteiger partial charge in [0.25, 0.3) is 0 Å². The third-order valence-electron chi connectivity index (χ3n) is 16.7. The van der Waals surface area contributed by atoms with Crippen molar-refractivity contribution in [2.75, 3.05) is 26.4 Å². The van der Waals surface area contributed by atoms with E-state index in [2.05, 4.69) is 13.5 Å². The average Bonchev–Trinajstić information content (AvgIpc) is 3.47. The molecule has 2 bridgehead atoms. The molecule has 64 heavy (non-hydrogen) atoms. The zero-order valence-electron chi connectivity index (χ0n) is 36.6. The molecule has 8 aliphatic rings. The average molecular weight is 919 g/mol.